The Morgan fingerprint density at radius 3 is 2.52 bits per heavy atom. The predicted octanol–water partition coefficient (Wildman–Crippen LogP) is 6.00. The molecule has 2 rings (SSSR count). The quantitative estimate of drug-likeness (QED) is 0.263. The lowest BCUT2D eigenvalue weighted by Gasteiger charge is -2.15. The van der Waals surface area contributed by atoms with Crippen LogP contribution in [0.15, 0.2) is 64.6 Å². The van der Waals surface area contributed by atoms with Crippen molar-refractivity contribution in [2.24, 2.45) is 5.73 Å². The molecule has 0 aromatic carbocycles. The van der Waals surface area contributed by atoms with E-state index in [0.29, 0.717) is 25.7 Å². The van der Waals surface area contributed by atoms with Crippen LogP contribution < -0.4 is 5.73 Å². The lowest BCUT2D eigenvalue weighted by molar-refractivity contribution is -0.148. The van der Waals surface area contributed by atoms with Gasteiger partial charge in [0.05, 0.1) is 17.1 Å². The summed E-state index contributed by atoms with van der Waals surface area (Å²) in [4.78, 5) is 31.7. The van der Waals surface area contributed by atoms with E-state index in [1.165, 1.54) is 23.0 Å². The van der Waals surface area contributed by atoms with Crippen LogP contribution in [0.25, 0.3) is 0 Å². The minimum atomic E-state index is -0.456. The Balaban J connectivity index is 0.00000760. The van der Waals surface area contributed by atoms with Crippen molar-refractivity contribution in [1.29, 1.82) is 0 Å². The molecule has 3 atom stereocenters. The summed E-state index contributed by atoms with van der Waals surface area (Å²) in [5.41, 5.74) is 10.3. The van der Waals surface area contributed by atoms with Crippen molar-refractivity contribution in [3.63, 3.8) is 0 Å². The molecule has 2 heterocycles. The zero-order valence-electron chi connectivity index (χ0n) is 25.6. The molecular weight excluding hydrogens is 522 g/mol. The SMILES string of the molecule is CC(/C=C/C(C)=C/[C@@H]1Cc2nc(cs2)CC[C@@H](N)CC(=O)O[C@@H](C)C/C(C)=C/C=C\C(=O)O1)=C\CN(C)C.[CH3-].[CH3-]. The van der Waals surface area contributed by atoms with Gasteiger partial charge in [0, 0.05) is 36.9 Å². The molecule has 1 aliphatic heterocycles. The lowest BCUT2D eigenvalue weighted by Crippen LogP contribution is -2.27. The van der Waals surface area contributed by atoms with E-state index >= 15 is 0 Å². The molecule has 0 fully saturated rings. The first kappa shape index (κ1) is 37.2. The number of hydrogen-bond acceptors (Lipinski definition) is 8. The topological polar surface area (TPSA) is 94.8 Å². The number of likely N-dealkylation sites (N-methyl/N-ethyl adjacent to an activating group) is 1. The molecule has 0 saturated heterocycles. The van der Waals surface area contributed by atoms with Gasteiger partial charge in [-0.15, -0.1) is 11.3 Å². The zero-order chi connectivity index (χ0) is 28.1. The minimum absolute atomic E-state index is 0. The van der Waals surface area contributed by atoms with E-state index in [0.717, 1.165) is 28.4 Å². The van der Waals surface area contributed by atoms with E-state index in [2.05, 4.69) is 24.0 Å². The van der Waals surface area contributed by atoms with Gasteiger partial charge in [-0.2, -0.15) is 0 Å². The molecular formula is C32H49N3O4S-2. The van der Waals surface area contributed by atoms with E-state index in [1.54, 1.807) is 6.08 Å². The summed E-state index contributed by atoms with van der Waals surface area (Å²) < 4.78 is 11.3. The summed E-state index contributed by atoms with van der Waals surface area (Å²) in [6.07, 6.45) is 15.0. The highest BCUT2D eigenvalue weighted by molar-refractivity contribution is 7.09. The van der Waals surface area contributed by atoms with Crippen molar-refractivity contribution in [3.05, 3.63) is 90.2 Å². The second-order valence-corrected chi connectivity index (χ2v) is 11.2. The average Bonchev–Trinajstić information content (AvgIpc) is 3.26. The van der Waals surface area contributed by atoms with Crippen molar-refractivity contribution in [2.75, 3.05) is 20.6 Å². The Morgan fingerprint density at radius 2 is 1.82 bits per heavy atom. The third-order valence-corrected chi connectivity index (χ3v) is 6.75. The maximum atomic E-state index is 12.6. The Kier molecular flexibility index (Phi) is 17.9. The van der Waals surface area contributed by atoms with E-state index in [4.69, 9.17) is 20.2 Å². The largest absolute Gasteiger partial charge is 0.462 e. The fraction of sp³-hybridized carbons (Fsp3) is 0.469. The Labute approximate surface area is 246 Å². The van der Waals surface area contributed by atoms with Gasteiger partial charge >= 0.3 is 11.9 Å². The molecule has 40 heavy (non-hydrogen) atoms. The van der Waals surface area contributed by atoms with Crippen molar-refractivity contribution >= 4 is 23.3 Å². The molecule has 1 aromatic heterocycles. The van der Waals surface area contributed by atoms with Gasteiger partial charge in [-0.1, -0.05) is 47.1 Å². The number of carbonyl (C=O) groups excluding carboxylic acids is 2. The van der Waals surface area contributed by atoms with Crippen LogP contribution in [0.3, 0.4) is 0 Å². The lowest BCUT2D eigenvalue weighted by atomic mass is 10.1. The third-order valence-electron chi connectivity index (χ3n) is 5.83. The summed E-state index contributed by atoms with van der Waals surface area (Å²) >= 11 is 1.54. The van der Waals surface area contributed by atoms with Crippen LogP contribution in [0.1, 0.15) is 57.7 Å². The van der Waals surface area contributed by atoms with Crippen LogP contribution in [-0.2, 0) is 31.9 Å². The second kappa shape index (κ2) is 19.3. The Hall–Kier alpha value is -2.81. The molecule has 8 heteroatoms. The summed E-state index contributed by atoms with van der Waals surface area (Å²) in [7, 11) is 4.07. The van der Waals surface area contributed by atoms with Gasteiger partial charge in [0.25, 0.3) is 0 Å². The van der Waals surface area contributed by atoms with Crippen molar-refractivity contribution in [2.45, 2.75) is 78.0 Å². The number of cyclic esters (lactones) is 2. The monoisotopic (exact) mass is 571 g/mol. The Bertz CT molecular complexity index is 1080. The molecule has 0 unspecified atom stereocenters. The van der Waals surface area contributed by atoms with Gasteiger partial charge in [-0.3, -0.25) is 4.79 Å². The van der Waals surface area contributed by atoms with E-state index < -0.39 is 12.1 Å². The Morgan fingerprint density at radius 1 is 1.12 bits per heavy atom. The van der Waals surface area contributed by atoms with Gasteiger partial charge < -0.3 is 35.0 Å². The molecule has 2 bridgehead atoms. The van der Waals surface area contributed by atoms with Gasteiger partial charge in [-0.25, -0.2) is 9.78 Å². The molecule has 7 nitrogen and oxygen atoms in total. The fourth-order valence-electron chi connectivity index (χ4n) is 3.83. The summed E-state index contributed by atoms with van der Waals surface area (Å²) in [6, 6.07) is -0.289. The number of fused-ring (bicyclic) bond motifs is 2. The first-order valence-electron chi connectivity index (χ1n) is 13.1. The normalized spacial score (nSPS) is 24.4. The summed E-state index contributed by atoms with van der Waals surface area (Å²) in [6.45, 7) is 8.73. The van der Waals surface area contributed by atoms with Crippen molar-refractivity contribution in [1.82, 2.24) is 9.88 Å². The molecule has 1 aliphatic rings. The number of rotatable bonds is 5. The standard InChI is InChI=1S/C30H43N3O4S.2CH3/c1-21(14-15-33(5)6)10-11-23(3)17-27-19-28-32-26(20-38-28)13-12-25(31)18-30(35)36-24(4)16-22(2)8-7-9-29(34)37-27;;/h7-11,14,17,20,24-25,27H,12-13,15-16,18-19,31H2,1-6H3;2*1H3/q;2*-1/b9-7-,11-10+,21-14+,22-8+,23-17+;;/t24-,25+,27+;;/m0../s1. The number of allylic oxidation sites excluding steroid dienone is 6. The zero-order valence-corrected chi connectivity index (χ0v) is 26.4. The van der Waals surface area contributed by atoms with Crippen LogP contribution in [0, 0.1) is 14.9 Å². The smallest absolute Gasteiger partial charge is 0.331 e. The number of esters is 2. The highest BCUT2D eigenvalue weighted by Gasteiger charge is 2.17. The van der Waals surface area contributed by atoms with Gasteiger partial charge in [0.1, 0.15) is 12.2 Å². The number of nitrogens with two attached hydrogens (primary N) is 1. The number of nitrogens with zero attached hydrogens (tertiary/aromatic N) is 2. The van der Waals surface area contributed by atoms with Crippen molar-refractivity contribution in [3.8, 4) is 0 Å². The number of aryl methyl sites for hydroxylation is 1. The maximum Gasteiger partial charge on any atom is 0.331 e. The van der Waals surface area contributed by atoms with Crippen LogP contribution in [0.5, 0.6) is 0 Å². The molecule has 0 spiro atoms. The van der Waals surface area contributed by atoms with Crippen molar-refractivity contribution < 1.29 is 19.1 Å². The highest BCUT2D eigenvalue weighted by Crippen LogP contribution is 2.18. The number of aromatic nitrogens is 1. The number of hydrogen-bond donors (Lipinski definition) is 1. The first-order valence-corrected chi connectivity index (χ1v) is 14.0. The van der Waals surface area contributed by atoms with Gasteiger partial charge in [-0.05, 0) is 60.7 Å². The maximum absolute atomic E-state index is 12.6. The van der Waals surface area contributed by atoms with Gasteiger partial charge in [0.2, 0.25) is 0 Å². The van der Waals surface area contributed by atoms with Crippen LogP contribution in [0.4, 0.5) is 0 Å². The minimum Gasteiger partial charge on any atom is -0.462 e. The first-order chi connectivity index (χ1) is 18.0. The van der Waals surface area contributed by atoms with Crippen LogP contribution in [-0.4, -0.2) is 60.7 Å². The molecule has 2 N–H and O–H groups in total. The molecule has 1 aromatic rings. The van der Waals surface area contributed by atoms with Crippen LogP contribution >= 0.6 is 11.3 Å². The predicted molar refractivity (Wildman–Crippen MR) is 168 cm³/mol. The number of ether oxygens (including phenoxy) is 2. The van der Waals surface area contributed by atoms with Crippen LogP contribution in [0.2, 0.25) is 0 Å². The molecule has 0 radical (unpaired) electrons. The number of carbonyl (C=O) groups is 2. The third kappa shape index (κ3) is 15.7. The van der Waals surface area contributed by atoms with E-state index in [9.17, 15) is 9.59 Å². The summed E-state index contributed by atoms with van der Waals surface area (Å²) in [5.74, 6) is -0.717. The van der Waals surface area contributed by atoms with E-state index in [1.807, 2.05) is 58.5 Å². The molecule has 0 saturated carbocycles. The molecule has 0 aliphatic carbocycles. The fourth-order valence-corrected chi connectivity index (χ4v) is 4.71. The highest BCUT2D eigenvalue weighted by atomic mass is 32.1. The van der Waals surface area contributed by atoms with E-state index in [-0.39, 0.29) is 39.4 Å². The number of thiazole rings is 1. The summed E-state index contributed by atoms with van der Waals surface area (Å²) in [5, 5.41) is 2.88. The molecule has 0 amide bonds. The average molecular weight is 572 g/mol. The molecule has 224 valence electrons. The van der Waals surface area contributed by atoms with Gasteiger partial charge in [0.15, 0.2) is 0 Å². The second-order valence-electron chi connectivity index (χ2n) is 10.2.